The predicted octanol–water partition coefficient (Wildman–Crippen LogP) is 4.78. The number of fused-ring (bicyclic) bond motifs is 1. The molecular weight excluding hydrogens is 434 g/mol. The first-order valence-corrected chi connectivity index (χ1v) is 11.2. The highest BCUT2D eigenvalue weighted by molar-refractivity contribution is 7.80. The molecule has 0 spiro atoms. The highest BCUT2D eigenvalue weighted by Gasteiger charge is 2.13. The van der Waals surface area contributed by atoms with Crippen LogP contribution >= 0.6 is 23.6 Å². The zero-order valence-corrected chi connectivity index (χ0v) is 18.9. The predicted molar refractivity (Wildman–Crippen MR) is 126 cm³/mol. The van der Waals surface area contributed by atoms with Crippen molar-refractivity contribution in [3.63, 3.8) is 0 Å². The van der Waals surface area contributed by atoms with Crippen molar-refractivity contribution in [2.75, 3.05) is 18.5 Å². The third-order valence-corrected chi connectivity index (χ3v) is 5.37. The number of thiocarbonyl (C=S) groups is 1. The maximum absolute atomic E-state index is 12.4. The summed E-state index contributed by atoms with van der Waals surface area (Å²) < 4.78 is 11.4. The summed E-state index contributed by atoms with van der Waals surface area (Å²) in [6, 6.07) is 12.0. The average Bonchev–Trinajstić information content (AvgIpc) is 3.15. The fourth-order valence-corrected chi connectivity index (χ4v) is 3.83. The Morgan fingerprint density at radius 1 is 1.10 bits per heavy atom. The lowest BCUT2D eigenvalue weighted by atomic mass is 10.2. The van der Waals surface area contributed by atoms with Crippen LogP contribution in [0.5, 0.6) is 5.75 Å². The molecule has 0 aliphatic rings. The average molecular weight is 458 g/mol. The van der Waals surface area contributed by atoms with Gasteiger partial charge in [0.25, 0.3) is 5.91 Å². The van der Waals surface area contributed by atoms with Gasteiger partial charge in [0, 0.05) is 5.56 Å². The van der Waals surface area contributed by atoms with Crippen LogP contribution in [0.15, 0.2) is 42.5 Å². The SMILES string of the molecule is CCCCOC(=O)c1ccc2nc(NC(=S)NC(=O)c3ccc(OCC)cc3)sc2c1. The van der Waals surface area contributed by atoms with Crippen molar-refractivity contribution < 1.29 is 19.1 Å². The van der Waals surface area contributed by atoms with Crippen LogP contribution in [0.4, 0.5) is 5.13 Å². The van der Waals surface area contributed by atoms with E-state index in [1.807, 2.05) is 13.8 Å². The number of rotatable bonds is 8. The molecule has 1 amide bonds. The largest absolute Gasteiger partial charge is 0.494 e. The quantitative estimate of drug-likeness (QED) is 0.286. The van der Waals surface area contributed by atoms with Crippen LogP contribution in [0.25, 0.3) is 10.2 Å². The standard InChI is InChI=1S/C22H23N3O4S2/c1-3-5-12-29-20(27)15-8-11-17-18(13-15)31-22(23-17)25-21(30)24-19(26)14-6-9-16(10-7-14)28-4-2/h6-11,13H,3-5,12H2,1-2H3,(H2,23,24,25,26,30). The normalized spacial score (nSPS) is 10.5. The van der Waals surface area contributed by atoms with Gasteiger partial charge in [-0.1, -0.05) is 24.7 Å². The van der Waals surface area contributed by atoms with Crippen molar-refractivity contribution in [1.29, 1.82) is 0 Å². The summed E-state index contributed by atoms with van der Waals surface area (Å²) in [5, 5.41) is 6.21. The molecule has 0 unspecified atom stereocenters. The highest BCUT2D eigenvalue weighted by atomic mass is 32.1. The van der Waals surface area contributed by atoms with Gasteiger partial charge >= 0.3 is 5.97 Å². The first-order valence-electron chi connectivity index (χ1n) is 9.93. The molecule has 0 aliphatic heterocycles. The smallest absolute Gasteiger partial charge is 0.338 e. The van der Waals surface area contributed by atoms with Crippen molar-refractivity contribution in [2.24, 2.45) is 0 Å². The molecule has 0 bridgehead atoms. The number of nitrogens with zero attached hydrogens (tertiary/aromatic N) is 1. The summed E-state index contributed by atoms with van der Waals surface area (Å²) in [7, 11) is 0. The first-order chi connectivity index (χ1) is 15.0. The Bertz CT molecular complexity index is 1080. The Kier molecular flexibility index (Phi) is 7.91. The molecule has 0 saturated carbocycles. The lowest BCUT2D eigenvalue weighted by molar-refractivity contribution is 0.0500. The van der Waals surface area contributed by atoms with E-state index in [1.165, 1.54) is 11.3 Å². The Balaban J connectivity index is 1.61. The van der Waals surface area contributed by atoms with E-state index in [0.29, 0.717) is 35.2 Å². The van der Waals surface area contributed by atoms with Crippen LogP contribution in [-0.2, 0) is 4.74 Å². The van der Waals surface area contributed by atoms with E-state index in [9.17, 15) is 9.59 Å². The summed E-state index contributed by atoms with van der Waals surface area (Å²) in [6.07, 6.45) is 1.80. The minimum absolute atomic E-state index is 0.136. The van der Waals surface area contributed by atoms with E-state index in [-0.39, 0.29) is 17.0 Å². The molecule has 162 valence electrons. The third-order valence-electron chi connectivity index (χ3n) is 4.23. The summed E-state index contributed by atoms with van der Waals surface area (Å²) in [6.45, 7) is 4.90. The molecule has 3 rings (SSSR count). The van der Waals surface area contributed by atoms with Gasteiger partial charge in [-0.25, -0.2) is 9.78 Å². The second-order valence-corrected chi connectivity index (χ2v) is 8.00. The molecule has 0 aliphatic carbocycles. The van der Waals surface area contributed by atoms with E-state index in [1.54, 1.807) is 42.5 Å². The van der Waals surface area contributed by atoms with Crippen molar-refractivity contribution >= 4 is 55.9 Å². The fraction of sp³-hybridized carbons (Fsp3) is 0.273. The molecule has 3 aromatic rings. The van der Waals surface area contributed by atoms with Gasteiger partial charge in [0.05, 0.1) is 29.0 Å². The van der Waals surface area contributed by atoms with E-state index < -0.39 is 0 Å². The Morgan fingerprint density at radius 2 is 1.84 bits per heavy atom. The number of amides is 1. The molecule has 1 heterocycles. The highest BCUT2D eigenvalue weighted by Crippen LogP contribution is 2.27. The first kappa shape index (κ1) is 22.6. The number of aromatic nitrogens is 1. The molecule has 0 saturated heterocycles. The number of ether oxygens (including phenoxy) is 2. The van der Waals surface area contributed by atoms with Gasteiger partial charge < -0.3 is 14.8 Å². The van der Waals surface area contributed by atoms with Crippen molar-refractivity contribution in [1.82, 2.24) is 10.3 Å². The van der Waals surface area contributed by atoms with Gasteiger partial charge in [-0.3, -0.25) is 10.1 Å². The molecule has 31 heavy (non-hydrogen) atoms. The Hall–Kier alpha value is -3.04. The minimum Gasteiger partial charge on any atom is -0.494 e. The number of hydrogen-bond acceptors (Lipinski definition) is 7. The minimum atomic E-state index is -0.351. The summed E-state index contributed by atoms with van der Waals surface area (Å²) in [5.41, 5.74) is 1.66. The molecular formula is C22H23N3O4S2. The Morgan fingerprint density at radius 3 is 2.55 bits per heavy atom. The van der Waals surface area contributed by atoms with Gasteiger partial charge in [-0.15, -0.1) is 0 Å². The van der Waals surface area contributed by atoms with Gasteiger partial charge in [0.15, 0.2) is 10.2 Å². The number of carbonyl (C=O) groups is 2. The van der Waals surface area contributed by atoms with E-state index >= 15 is 0 Å². The van der Waals surface area contributed by atoms with Gasteiger partial charge in [0.1, 0.15) is 5.75 Å². The van der Waals surface area contributed by atoms with Crippen LogP contribution in [0.3, 0.4) is 0 Å². The molecule has 0 atom stereocenters. The molecule has 2 N–H and O–H groups in total. The maximum Gasteiger partial charge on any atom is 0.338 e. The molecule has 0 fully saturated rings. The van der Waals surface area contributed by atoms with Gasteiger partial charge in [-0.2, -0.15) is 0 Å². The zero-order chi connectivity index (χ0) is 22.2. The second kappa shape index (κ2) is 10.8. The van der Waals surface area contributed by atoms with Crippen molar-refractivity contribution in [3.8, 4) is 5.75 Å². The third kappa shape index (κ3) is 6.22. The number of anilines is 1. The number of thiazole rings is 1. The van der Waals surface area contributed by atoms with Crippen LogP contribution in [-0.4, -0.2) is 35.2 Å². The molecule has 9 heteroatoms. The summed E-state index contributed by atoms with van der Waals surface area (Å²) in [5.74, 6) is 0.0120. The van der Waals surface area contributed by atoms with Crippen LogP contribution in [0.2, 0.25) is 0 Å². The van der Waals surface area contributed by atoms with Gasteiger partial charge in [-0.05, 0) is 68.0 Å². The molecule has 2 aromatic carbocycles. The summed E-state index contributed by atoms with van der Waals surface area (Å²) in [4.78, 5) is 28.9. The van der Waals surface area contributed by atoms with Crippen LogP contribution < -0.4 is 15.4 Å². The Labute approximate surface area is 189 Å². The van der Waals surface area contributed by atoms with E-state index in [4.69, 9.17) is 21.7 Å². The van der Waals surface area contributed by atoms with Crippen molar-refractivity contribution in [3.05, 3.63) is 53.6 Å². The van der Waals surface area contributed by atoms with Crippen LogP contribution in [0.1, 0.15) is 47.4 Å². The maximum atomic E-state index is 12.4. The number of benzene rings is 2. The summed E-state index contributed by atoms with van der Waals surface area (Å²) >= 11 is 6.57. The number of hydrogen-bond donors (Lipinski definition) is 2. The van der Waals surface area contributed by atoms with Gasteiger partial charge in [0.2, 0.25) is 0 Å². The second-order valence-electron chi connectivity index (χ2n) is 6.56. The van der Waals surface area contributed by atoms with E-state index in [2.05, 4.69) is 15.6 Å². The number of esters is 1. The number of unbranched alkanes of at least 4 members (excludes halogenated alkanes) is 1. The number of carbonyl (C=O) groups excluding carboxylic acids is 2. The van der Waals surface area contributed by atoms with Crippen LogP contribution in [0, 0.1) is 0 Å². The molecule has 0 radical (unpaired) electrons. The zero-order valence-electron chi connectivity index (χ0n) is 17.3. The molecule has 1 aromatic heterocycles. The lowest BCUT2D eigenvalue weighted by Gasteiger charge is -2.08. The fourth-order valence-electron chi connectivity index (χ4n) is 2.67. The topological polar surface area (TPSA) is 89.5 Å². The van der Waals surface area contributed by atoms with Crippen molar-refractivity contribution in [2.45, 2.75) is 26.7 Å². The van der Waals surface area contributed by atoms with E-state index in [0.717, 1.165) is 23.1 Å². The number of nitrogens with one attached hydrogen (secondary N) is 2. The monoisotopic (exact) mass is 457 g/mol. The molecule has 7 nitrogen and oxygen atoms in total. The lowest BCUT2D eigenvalue weighted by Crippen LogP contribution is -2.34.